The van der Waals surface area contributed by atoms with E-state index in [1.165, 1.54) is 13.1 Å². The first-order valence-corrected chi connectivity index (χ1v) is 4.64. The van der Waals surface area contributed by atoms with Crippen LogP contribution in [0.15, 0.2) is 36.4 Å². The van der Waals surface area contributed by atoms with Crippen LogP contribution in [0.3, 0.4) is 0 Å². The molecule has 16 heavy (non-hydrogen) atoms. The number of allylic oxidation sites excluding steroid dienone is 1. The number of carbonyl (C=O) groups excluding carboxylic acids is 1. The number of rotatable bonds is 6. The fourth-order valence-electron chi connectivity index (χ4n) is 0.947. The molecule has 0 aromatic heterocycles. The molecular formula is C11H17N3O2. The highest BCUT2D eigenvalue weighted by atomic mass is 16.5. The molecule has 0 aromatic carbocycles. The third-order valence-electron chi connectivity index (χ3n) is 1.52. The van der Waals surface area contributed by atoms with Crippen molar-refractivity contribution in [1.82, 2.24) is 5.32 Å². The molecular weight excluding hydrogens is 206 g/mol. The van der Waals surface area contributed by atoms with Crippen molar-refractivity contribution in [2.75, 3.05) is 7.05 Å². The van der Waals surface area contributed by atoms with Gasteiger partial charge in [0.2, 0.25) is 0 Å². The van der Waals surface area contributed by atoms with Gasteiger partial charge >= 0.3 is 0 Å². The topological polar surface area (TPSA) is 88.2 Å². The minimum absolute atomic E-state index is 0.205. The summed E-state index contributed by atoms with van der Waals surface area (Å²) in [4.78, 5) is 11.0. The average molecular weight is 223 g/mol. The predicted octanol–water partition coefficient (Wildman–Crippen LogP) is 1.05. The third-order valence-corrected chi connectivity index (χ3v) is 1.52. The summed E-state index contributed by atoms with van der Waals surface area (Å²) in [6.45, 7) is 8.88. The summed E-state index contributed by atoms with van der Waals surface area (Å²) in [6, 6.07) is 0. The predicted molar refractivity (Wildman–Crippen MR) is 63.7 cm³/mol. The van der Waals surface area contributed by atoms with Crippen LogP contribution in [0.25, 0.3) is 0 Å². The number of nitrogens with one attached hydrogen (secondary N) is 2. The van der Waals surface area contributed by atoms with Crippen molar-refractivity contribution in [3.8, 4) is 0 Å². The lowest BCUT2D eigenvalue weighted by Crippen LogP contribution is -2.26. The van der Waals surface area contributed by atoms with Crippen LogP contribution in [0, 0.1) is 5.41 Å². The highest BCUT2D eigenvalue weighted by Gasteiger charge is 2.05. The number of carbonyl (C=O) groups is 1. The summed E-state index contributed by atoms with van der Waals surface area (Å²) in [5, 5.41) is 9.68. The Hall–Kier alpha value is -2.04. The number of amides is 1. The second-order valence-corrected chi connectivity index (χ2v) is 3.23. The monoisotopic (exact) mass is 223 g/mol. The van der Waals surface area contributed by atoms with Crippen molar-refractivity contribution in [1.29, 1.82) is 5.41 Å². The maximum atomic E-state index is 11.0. The second-order valence-electron chi connectivity index (χ2n) is 3.23. The maximum Gasteiger partial charge on any atom is 0.268 e. The molecule has 0 aliphatic heterocycles. The van der Waals surface area contributed by atoms with Crippen molar-refractivity contribution in [3.63, 3.8) is 0 Å². The van der Waals surface area contributed by atoms with Gasteiger partial charge in [-0.05, 0) is 13.0 Å². The Labute approximate surface area is 95.2 Å². The normalized spacial score (nSPS) is 10.5. The molecule has 0 aliphatic rings. The first kappa shape index (κ1) is 14.0. The summed E-state index contributed by atoms with van der Waals surface area (Å²) in [6.07, 6.45) is 1.53. The van der Waals surface area contributed by atoms with Crippen molar-refractivity contribution in [3.05, 3.63) is 36.4 Å². The van der Waals surface area contributed by atoms with Gasteiger partial charge in [0.1, 0.15) is 11.5 Å². The van der Waals surface area contributed by atoms with E-state index in [9.17, 15) is 4.79 Å². The minimum atomic E-state index is -0.491. The van der Waals surface area contributed by atoms with Crippen LogP contribution in [0.5, 0.6) is 0 Å². The maximum absolute atomic E-state index is 11.0. The molecule has 0 fully saturated rings. The van der Waals surface area contributed by atoms with Gasteiger partial charge in [0.15, 0.2) is 0 Å². The smallest absolute Gasteiger partial charge is 0.268 e. The lowest BCUT2D eigenvalue weighted by atomic mass is 10.2. The average Bonchev–Trinajstić information content (AvgIpc) is 2.14. The SMILES string of the molecule is C=C(C)OC(=C)C/C(N)=C/C(=N)C(=O)NC. The van der Waals surface area contributed by atoms with Crippen molar-refractivity contribution in [2.45, 2.75) is 13.3 Å². The molecule has 5 nitrogen and oxygen atoms in total. The van der Waals surface area contributed by atoms with Crippen LogP contribution in [0.4, 0.5) is 0 Å². The van der Waals surface area contributed by atoms with E-state index >= 15 is 0 Å². The highest BCUT2D eigenvalue weighted by molar-refractivity contribution is 6.42. The first-order valence-electron chi connectivity index (χ1n) is 4.64. The molecule has 88 valence electrons. The van der Waals surface area contributed by atoms with Crippen LogP contribution in [0.1, 0.15) is 13.3 Å². The zero-order valence-electron chi connectivity index (χ0n) is 9.59. The van der Waals surface area contributed by atoms with Crippen LogP contribution in [-0.2, 0) is 9.53 Å². The molecule has 0 saturated carbocycles. The molecule has 0 rings (SSSR count). The molecule has 0 bridgehead atoms. The van der Waals surface area contributed by atoms with Crippen molar-refractivity contribution >= 4 is 11.6 Å². The van der Waals surface area contributed by atoms with Crippen LogP contribution < -0.4 is 11.1 Å². The Morgan fingerprint density at radius 1 is 1.56 bits per heavy atom. The Balaban J connectivity index is 4.35. The quantitative estimate of drug-likeness (QED) is 0.464. The zero-order chi connectivity index (χ0) is 12.7. The van der Waals surface area contributed by atoms with E-state index in [4.69, 9.17) is 15.9 Å². The first-order chi connectivity index (χ1) is 7.36. The van der Waals surface area contributed by atoms with E-state index in [2.05, 4.69) is 18.5 Å². The summed E-state index contributed by atoms with van der Waals surface area (Å²) in [5.74, 6) is 0.444. The summed E-state index contributed by atoms with van der Waals surface area (Å²) in [5.41, 5.74) is 5.74. The van der Waals surface area contributed by atoms with Gasteiger partial charge in [-0.2, -0.15) is 0 Å². The minimum Gasteiger partial charge on any atom is -0.467 e. The fraction of sp³-hybridized carbons (Fsp3) is 0.273. The van der Waals surface area contributed by atoms with Crippen LogP contribution in [-0.4, -0.2) is 18.7 Å². The Morgan fingerprint density at radius 3 is 2.56 bits per heavy atom. The summed E-state index contributed by atoms with van der Waals surface area (Å²) >= 11 is 0. The van der Waals surface area contributed by atoms with E-state index < -0.39 is 5.91 Å². The third kappa shape index (κ3) is 5.64. The van der Waals surface area contributed by atoms with Gasteiger partial charge in [0.05, 0.1) is 5.76 Å². The van der Waals surface area contributed by atoms with E-state index in [1.807, 2.05) is 0 Å². The number of hydrogen-bond acceptors (Lipinski definition) is 4. The highest BCUT2D eigenvalue weighted by Crippen LogP contribution is 2.09. The van der Waals surface area contributed by atoms with Crippen molar-refractivity contribution < 1.29 is 9.53 Å². The lowest BCUT2D eigenvalue weighted by molar-refractivity contribution is -0.114. The van der Waals surface area contributed by atoms with E-state index in [0.29, 0.717) is 17.2 Å². The molecule has 0 saturated heterocycles. The van der Waals surface area contributed by atoms with E-state index in [0.717, 1.165) is 0 Å². The molecule has 0 aromatic rings. The summed E-state index contributed by atoms with van der Waals surface area (Å²) in [7, 11) is 1.45. The van der Waals surface area contributed by atoms with Gasteiger partial charge in [0.25, 0.3) is 5.91 Å². The molecule has 0 unspecified atom stereocenters. The van der Waals surface area contributed by atoms with Crippen LogP contribution >= 0.6 is 0 Å². The standard InChI is InChI=1S/C11H17N3O2/c1-7(2)16-8(3)5-9(12)6-10(13)11(15)14-4/h6,13H,1,3,5,12H2,2,4H3,(H,14,15)/b9-6-,13-10?. The van der Waals surface area contributed by atoms with Gasteiger partial charge in [0, 0.05) is 19.2 Å². The second kappa shape index (κ2) is 6.44. The van der Waals surface area contributed by atoms with E-state index in [-0.39, 0.29) is 12.1 Å². The Morgan fingerprint density at radius 2 is 2.12 bits per heavy atom. The molecule has 0 aliphatic carbocycles. The largest absolute Gasteiger partial charge is 0.467 e. The Bertz CT molecular complexity index is 356. The number of ether oxygens (including phenoxy) is 1. The van der Waals surface area contributed by atoms with Gasteiger partial charge in [-0.25, -0.2) is 0 Å². The van der Waals surface area contributed by atoms with Gasteiger partial charge in [-0.1, -0.05) is 13.2 Å². The van der Waals surface area contributed by atoms with Crippen LogP contribution in [0.2, 0.25) is 0 Å². The molecule has 5 heteroatoms. The molecule has 0 spiro atoms. The number of hydrogen-bond donors (Lipinski definition) is 3. The Kier molecular flexibility index (Phi) is 5.62. The zero-order valence-corrected chi connectivity index (χ0v) is 9.59. The molecule has 0 radical (unpaired) electrons. The number of nitrogens with two attached hydrogens (primary N) is 1. The van der Waals surface area contributed by atoms with Gasteiger partial charge in [-0.15, -0.1) is 0 Å². The van der Waals surface area contributed by atoms with Gasteiger partial charge < -0.3 is 15.8 Å². The molecule has 1 amide bonds. The molecule has 0 atom stereocenters. The van der Waals surface area contributed by atoms with E-state index in [1.54, 1.807) is 6.92 Å². The fourth-order valence-corrected chi connectivity index (χ4v) is 0.947. The van der Waals surface area contributed by atoms with Crippen molar-refractivity contribution in [2.24, 2.45) is 5.73 Å². The lowest BCUT2D eigenvalue weighted by Gasteiger charge is -2.08. The summed E-state index contributed by atoms with van der Waals surface area (Å²) < 4.78 is 5.11. The molecule has 0 heterocycles. The molecule has 4 N–H and O–H groups in total. The van der Waals surface area contributed by atoms with Gasteiger partial charge in [-0.3, -0.25) is 10.2 Å².